The van der Waals surface area contributed by atoms with E-state index in [1.54, 1.807) is 0 Å². The van der Waals surface area contributed by atoms with E-state index < -0.39 is 0 Å². The van der Waals surface area contributed by atoms with Crippen molar-refractivity contribution in [3.05, 3.63) is 0 Å². The Morgan fingerprint density at radius 2 is 2.08 bits per heavy atom. The van der Waals surface area contributed by atoms with Crippen LogP contribution in [0.2, 0.25) is 0 Å². The van der Waals surface area contributed by atoms with E-state index in [2.05, 4.69) is 15.9 Å². The SMILES string of the molecule is O=C(C1CC1)N1CCCC(Br)C1. The summed E-state index contributed by atoms with van der Waals surface area (Å²) in [6.07, 6.45) is 4.63. The van der Waals surface area contributed by atoms with Crippen LogP contribution in [0, 0.1) is 5.92 Å². The van der Waals surface area contributed by atoms with E-state index >= 15 is 0 Å². The van der Waals surface area contributed by atoms with Gasteiger partial charge in [0.25, 0.3) is 0 Å². The second kappa shape index (κ2) is 3.36. The van der Waals surface area contributed by atoms with Crippen LogP contribution in [0.4, 0.5) is 0 Å². The molecule has 0 aromatic heterocycles. The number of alkyl halides is 1. The minimum atomic E-state index is 0.391. The van der Waals surface area contributed by atoms with E-state index in [9.17, 15) is 4.79 Å². The molecule has 2 aliphatic rings. The zero-order chi connectivity index (χ0) is 8.55. The van der Waals surface area contributed by atoms with Gasteiger partial charge in [-0.3, -0.25) is 4.79 Å². The monoisotopic (exact) mass is 231 g/mol. The molecule has 1 heterocycles. The van der Waals surface area contributed by atoms with Gasteiger partial charge in [-0.15, -0.1) is 0 Å². The molecule has 2 fully saturated rings. The highest BCUT2D eigenvalue weighted by molar-refractivity contribution is 9.09. The fraction of sp³-hybridized carbons (Fsp3) is 0.889. The standard InChI is InChI=1S/C9H14BrNO/c10-8-2-1-5-11(6-8)9(12)7-3-4-7/h7-8H,1-6H2. The molecule has 0 radical (unpaired) electrons. The molecule has 1 amide bonds. The number of carbonyl (C=O) groups is 1. The highest BCUT2D eigenvalue weighted by Crippen LogP contribution is 2.32. The molecule has 1 atom stereocenters. The van der Waals surface area contributed by atoms with Crippen molar-refractivity contribution in [3.8, 4) is 0 Å². The molecular formula is C9H14BrNO. The normalized spacial score (nSPS) is 30.4. The van der Waals surface area contributed by atoms with Gasteiger partial charge in [-0.25, -0.2) is 0 Å². The van der Waals surface area contributed by atoms with Crippen molar-refractivity contribution in [2.75, 3.05) is 13.1 Å². The number of amides is 1. The third-order valence-corrected chi connectivity index (χ3v) is 3.35. The minimum absolute atomic E-state index is 0.391. The molecule has 1 unspecified atom stereocenters. The number of nitrogens with zero attached hydrogens (tertiary/aromatic N) is 1. The largest absolute Gasteiger partial charge is 0.341 e. The summed E-state index contributed by atoms with van der Waals surface area (Å²) in [7, 11) is 0. The lowest BCUT2D eigenvalue weighted by molar-refractivity contribution is -0.133. The highest BCUT2D eigenvalue weighted by atomic mass is 79.9. The molecule has 12 heavy (non-hydrogen) atoms. The van der Waals surface area contributed by atoms with Crippen LogP contribution in [0.5, 0.6) is 0 Å². The molecule has 2 rings (SSSR count). The molecule has 1 saturated heterocycles. The predicted octanol–water partition coefficient (Wildman–Crippen LogP) is 1.78. The lowest BCUT2D eigenvalue weighted by Crippen LogP contribution is -2.41. The first-order valence-electron chi connectivity index (χ1n) is 4.70. The fourth-order valence-electron chi connectivity index (χ4n) is 1.71. The van der Waals surface area contributed by atoms with Gasteiger partial charge < -0.3 is 4.90 Å². The molecule has 0 aromatic rings. The summed E-state index contributed by atoms with van der Waals surface area (Å²) in [5, 5.41) is 0. The van der Waals surface area contributed by atoms with Crippen LogP contribution in [-0.4, -0.2) is 28.7 Å². The summed E-state index contributed by atoms with van der Waals surface area (Å²) in [6.45, 7) is 1.91. The van der Waals surface area contributed by atoms with Gasteiger partial charge in [-0.2, -0.15) is 0 Å². The van der Waals surface area contributed by atoms with E-state index in [-0.39, 0.29) is 0 Å². The summed E-state index contributed by atoms with van der Waals surface area (Å²) in [4.78, 5) is 14.2. The number of hydrogen-bond acceptors (Lipinski definition) is 1. The Kier molecular flexibility index (Phi) is 2.40. The number of halogens is 1. The zero-order valence-electron chi connectivity index (χ0n) is 7.13. The van der Waals surface area contributed by atoms with Crippen molar-refractivity contribution >= 4 is 21.8 Å². The van der Waals surface area contributed by atoms with E-state index in [1.165, 1.54) is 6.42 Å². The highest BCUT2D eigenvalue weighted by Gasteiger charge is 2.34. The Hall–Kier alpha value is -0.0500. The van der Waals surface area contributed by atoms with Crippen LogP contribution >= 0.6 is 15.9 Å². The summed E-state index contributed by atoms with van der Waals surface area (Å²) in [5.41, 5.74) is 0. The van der Waals surface area contributed by atoms with Crippen LogP contribution in [0.3, 0.4) is 0 Å². The van der Waals surface area contributed by atoms with Gasteiger partial charge in [0.2, 0.25) is 5.91 Å². The van der Waals surface area contributed by atoms with Gasteiger partial charge in [-0.05, 0) is 25.7 Å². The van der Waals surface area contributed by atoms with Gasteiger partial charge in [0, 0.05) is 23.8 Å². The lowest BCUT2D eigenvalue weighted by atomic mass is 10.1. The van der Waals surface area contributed by atoms with Gasteiger partial charge in [0.15, 0.2) is 0 Å². The van der Waals surface area contributed by atoms with Gasteiger partial charge in [0.05, 0.1) is 0 Å². The first-order chi connectivity index (χ1) is 5.77. The molecule has 1 aliphatic carbocycles. The third-order valence-electron chi connectivity index (χ3n) is 2.60. The molecule has 0 spiro atoms. The van der Waals surface area contributed by atoms with Crippen LogP contribution < -0.4 is 0 Å². The molecular weight excluding hydrogens is 218 g/mol. The molecule has 1 aliphatic heterocycles. The van der Waals surface area contributed by atoms with Crippen molar-refractivity contribution in [2.24, 2.45) is 5.92 Å². The number of piperidine rings is 1. The topological polar surface area (TPSA) is 20.3 Å². The fourth-order valence-corrected chi connectivity index (χ4v) is 2.39. The van der Waals surface area contributed by atoms with Gasteiger partial charge >= 0.3 is 0 Å². The van der Waals surface area contributed by atoms with Crippen molar-refractivity contribution in [1.82, 2.24) is 4.90 Å². The number of rotatable bonds is 1. The third kappa shape index (κ3) is 1.82. The van der Waals surface area contributed by atoms with E-state index in [0.717, 1.165) is 32.4 Å². The minimum Gasteiger partial charge on any atom is -0.341 e. The number of likely N-dealkylation sites (tertiary alicyclic amines) is 1. The quantitative estimate of drug-likeness (QED) is 0.631. The number of carbonyl (C=O) groups excluding carboxylic acids is 1. The Bertz CT molecular complexity index is 191. The Balaban J connectivity index is 1.89. The van der Waals surface area contributed by atoms with Gasteiger partial charge in [0.1, 0.15) is 0 Å². The van der Waals surface area contributed by atoms with Crippen molar-refractivity contribution < 1.29 is 4.79 Å². The van der Waals surface area contributed by atoms with Crippen LogP contribution in [-0.2, 0) is 4.79 Å². The molecule has 1 saturated carbocycles. The average molecular weight is 232 g/mol. The smallest absolute Gasteiger partial charge is 0.225 e. The summed E-state index contributed by atoms with van der Waals surface area (Å²) in [5.74, 6) is 0.793. The maximum Gasteiger partial charge on any atom is 0.225 e. The summed E-state index contributed by atoms with van der Waals surface area (Å²) < 4.78 is 0. The first-order valence-corrected chi connectivity index (χ1v) is 5.62. The summed E-state index contributed by atoms with van der Waals surface area (Å²) in [6, 6.07) is 0. The van der Waals surface area contributed by atoms with E-state index in [1.807, 2.05) is 4.90 Å². The molecule has 68 valence electrons. The Morgan fingerprint density at radius 1 is 1.33 bits per heavy atom. The Morgan fingerprint density at radius 3 is 2.67 bits per heavy atom. The van der Waals surface area contributed by atoms with Gasteiger partial charge in [-0.1, -0.05) is 15.9 Å². The van der Waals surface area contributed by atoms with Crippen LogP contribution in [0.25, 0.3) is 0 Å². The molecule has 0 bridgehead atoms. The molecule has 3 heteroatoms. The van der Waals surface area contributed by atoms with Crippen LogP contribution in [0.15, 0.2) is 0 Å². The zero-order valence-corrected chi connectivity index (χ0v) is 8.72. The second-order valence-corrected chi connectivity index (χ2v) is 5.09. The van der Waals surface area contributed by atoms with Crippen LogP contribution in [0.1, 0.15) is 25.7 Å². The molecule has 0 aromatic carbocycles. The molecule has 2 nitrogen and oxygen atoms in total. The average Bonchev–Trinajstić information content (AvgIpc) is 2.85. The lowest BCUT2D eigenvalue weighted by Gasteiger charge is -2.30. The second-order valence-electron chi connectivity index (χ2n) is 3.80. The predicted molar refractivity (Wildman–Crippen MR) is 51.3 cm³/mol. The van der Waals surface area contributed by atoms with Crippen molar-refractivity contribution in [1.29, 1.82) is 0 Å². The summed E-state index contributed by atoms with van der Waals surface area (Å²) >= 11 is 3.57. The number of hydrogen-bond donors (Lipinski definition) is 0. The van der Waals surface area contributed by atoms with E-state index in [0.29, 0.717) is 16.7 Å². The Labute approximate surface area is 81.4 Å². The van der Waals surface area contributed by atoms with Crippen molar-refractivity contribution in [3.63, 3.8) is 0 Å². The first kappa shape index (κ1) is 8.54. The van der Waals surface area contributed by atoms with E-state index in [4.69, 9.17) is 0 Å². The van der Waals surface area contributed by atoms with Crippen molar-refractivity contribution in [2.45, 2.75) is 30.5 Å². The maximum absolute atomic E-state index is 11.6. The maximum atomic E-state index is 11.6. The molecule has 0 N–H and O–H groups in total.